The van der Waals surface area contributed by atoms with E-state index in [4.69, 9.17) is 10.5 Å². The molecule has 1 unspecified atom stereocenters. The SMILES string of the molecule is CCOC(=O)C(N)(CC)c1ccc(C(C)(C)C)cc1. The molecular formula is C16H25NO2. The van der Waals surface area contributed by atoms with Crippen LogP contribution in [-0.4, -0.2) is 12.6 Å². The Morgan fingerprint density at radius 3 is 1.95 bits per heavy atom. The molecule has 0 saturated heterocycles. The lowest BCUT2D eigenvalue weighted by molar-refractivity contribution is -0.150. The zero-order valence-electron chi connectivity index (χ0n) is 12.6. The minimum Gasteiger partial charge on any atom is -0.464 e. The summed E-state index contributed by atoms with van der Waals surface area (Å²) >= 11 is 0. The number of ether oxygens (including phenoxy) is 1. The normalized spacial score (nSPS) is 14.8. The summed E-state index contributed by atoms with van der Waals surface area (Å²) in [5.74, 6) is -0.360. The summed E-state index contributed by atoms with van der Waals surface area (Å²) in [6.07, 6.45) is 0.515. The van der Waals surface area contributed by atoms with Gasteiger partial charge in [0.15, 0.2) is 0 Å². The van der Waals surface area contributed by atoms with Crippen molar-refractivity contribution in [3.8, 4) is 0 Å². The standard InChI is InChI=1S/C16H25NO2/c1-6-16(17,14(18)19-7-2)13-10-8-12(9-11-13)15(3,4)5/h8-11H,6-7,17H2,1-5H3. The Morgan fingerprint density at radius 2 is 1.58 bits per heavy atom. The number of hydrogen-bond acceptors (Lipinski definition) is 3. The molecule has 1 aromatic carbocycles. The number of hydrogen-bond donors (Lipinski definition) is 1. The van der Waals surface area contributed by atoms with Gasteiger partial charge in [0, 0.05) is 0 Å². The minimum absolute atomic E-state index is 0.0892. The molecule has 3 nitrogen and oxygen atoms in total. The molecule has 1 rings (SSSR count). The molecule has 3 heteroatoms. The molecule has 0 bridgehead atoms. The number of carbonyl (C=O) groups is 1. The zero-order chi connectivity index (χ0) is 14.7. The van der Waals surface area contributed by atoms with Crippen molar-refractivity contribution in [3.63, 3.8) is 0 Å². The van der Waals surface area contributed by atoms with Gasteiger partial charge in [0.25, 0.3) is 0 Å². The second-order valence-corrected chi connectivity index (χ2v) is 5.87. The first-order valence-corrected chi connectivity index (χ1v) is 6.82. The second kappa shape index (κ2) is 5.74. The van der Waals surface area contributed by atoms with E-state index in [1.807, 2.05) is 31.2 Å². The summed E-state index contributed by atoms with van der Waals surface area (Å²) in [4.78, 5) is 12.0. The molecule has 1 aromatic rings. The van der Waals surface area contributed by atoms with Crippen LogP contribution in [0.4, 0.5) is 0 Å². The summed E-state index contributed by atoms with van der Waals surface area (Å²) in [7, 11) is 0. The highest BCUT2D eigenvalue weighted by Crippen LogP contribution is 2.28. The molecular weight excluding hydrogens is 238 g/mol. The van der Waals surface area contributed by atoms with Crippen LogP contribution in [-0.2, 0) is 20.5 Å². The van der Waals surface area contributed by atoms with E-state index in [1.54, 1.807) is 6.92 Å². The Morgan fingerprint density at radius 1 is 1.11 bits per heavy atom. The van der Waals surface area contributed by atoms with Crippen molar-refractivity contribution in [1.82, 2.24) is 0 Å². The van der Waals surface area contributed by atoms with Gasteiger partial charge >= 0.3 is 5.97 Å². The van der Waals surface area contributed by atoms with Crippen LogP contribution in [0.5, 0.6) is 0 Å². The van der Waals surface area contributed by atoms with Gasteiger partial charge in [0.2, 0.25) is 0 Å². The number of carbonyl (C=O) groups excluding carboxylic acids is 1. The molecule has 0 saturated carbocycles. The van der Waals surface area contributed by atoms with Gasteiger partial charge < -0.3 is 10.5 Å². The first-order chi connectivity index (χ1) is 8.75. The van der Waals surface area contributed by atoms with Gasteiger partial charge in [-0.2, -0.15) is 0 Å². The number of esters is 1. The molecule has 1 atom stereocenters. The molecule has 106 valence electrons. The summed E-state index contributed by atoms with van der Waals surface area (Å²) in [5, 5.41) is 0. The van der Waals surface area contributed by atoms with Crippen LogP contribution < -0.4 is 5.73 Å². The van der Waals surface area contributed by atoms with E-state index >= 15 is 0 Å². The first kappa shape index (κ1) is 15.7. The van der Waals surface area contributed by atoms with Crippen LogP contribution in [0, 0.1) is 0 Å². The average Bonchev–Trinajstić information content (AvgIpc) is 2.37. The maximum atomic E-state index is 12.0. The average molecular weight is 263 g/mol. The van der Waals surface area contributed by atoms with E-state index in [1.165, 1.54) is 5.56 Å². The predicted molar refractivity (Wildman–Crippen MR) is 77.9 cm³/mol. The number of nitrogens with two attached hydrogens (primary N) is 1. The maximum absolute atomic E-state index is 12.0. The van der Waals surface area contributed by atoms with E-state index < -0.39 is 5.54 Å². The lowest BCUT2D eigenvalue weighted by Crippen LogP contribution is -2.45. The monoisotopic (exact) mass is 263 g/mol. The van der Waals surface area contributed by atoms with E-state index in [-0.39, 0.29) is 11.4 Å². The van der Waals surface area contributed by atoms with Crippen LogP contribution in [0.3, 0.4) is 0 Å². The molecule has 0 radical (unpaired) electrons. The molecule has 2 N–H and O–H groups in total. The lowest BCUT2D eigenvalue weighted by Gasteiger charge is -2.27. The lowest BCUT2D eigenvalue weighted by atomic mass is 9.83. The minimum atomic E-state index is -1.05. The zero-order valence-corrected chi connectivity index (χ0v) is 12.6. The van der Waals surface area contributed by atoms with Crippen molar-refractivity contribution in [2.75, 3.05) is 6.61 Å². The Hall–Kier alpha value is -1.35. The van der Waals surface area contributed by atoms with E-state index in [2.05, 4.69) is 20.8 Å². The van der Waals surface area contributed by atoms with Gasteiger partial charge in [-0.25, -0.2) is 4.79 Å². The fourth-order valence-electron chi connectivity index (χ4n) is 1.99. The first-order valence-electron chi connectivity index (χ1n) is 6.82. The molecule has 0 aliphatic carbocycles. The topological polar surface area (TPSA) is 52.3 Å². The Labute approximate surface area is 116 Å². The van der Waals surface area contributed by atoms with Crippen LogP contribution >= 0.6 is 0 Å². The predicted octanol–water partition coefficient (Wildman–Crippen LogP) is 3.11. The number of rotatable bonds is 4. The third kappa shape index (κ3) is 3.35. The van der Waals surface area contributed by atoms with Crippen LogP contribution in [0.1, 0.15) is 52.2 Å². The second-order valence-electron chi connectivity index (χ2n) is 5.87. The highest BCUT2D eigenvalue weighted by atomic mass is 16.5. The summed E-state index contributed by atoms with van der Waals surface area (Å²) in [5.41, 5.74) is 7.30. The van der Waals surface area contributed by atoms with Crippen molar-refractivity contribution in [2.45, 2.75) is 52.0 Å². The molecule has 0 aliphatic rings. The van der Waals surface area contributed by atoms with Crippen LogP contribution in [0.2, 0.25) is 0 Å². The summed E-state index contributed by atoms with van der Waals surface area (Å²) < 4.78 is 5.09. The van der Waals surface area contributed by atoms with Crippen molar-refractivity contribution >= 4 is 5.97 Å². The molecule has 0 aliphatic heterocycles. The van der Waals surface area contributed by atoms with Crippen LogP contribution in [0.25, 0.3) is 0 Å². The van der Waals surface area contributed by atoms with Gasteiger partial charge in [-0.1, -0.05) is 52.0 Å². The van der Waals surface area contributed by atoms with E-state index in [0.717, 1.165) is 5.56 Å². The van der Waals surface area contributed by atoms with Crippen molar-refractivity contribution < 1.29 is 9.53 Å². The quantitative estimate of drug-likeness (QED) is 0.849. The Kier molecular flexibility index (Phi) is 4.75. The third-order valence-electron chi connectivity index (χ3n) is 3.46. The molecule has 0 aromatic heterocycles. The van der Waals surface area contributed by atoms with Gasteiger partial charge in [-0.15, -0.1) is 0 Å². The van der Waals surface area contributed by atoms with Crippen LogP contribution in [0.15, 0.2) is 24.3 Å². The highest BCUT2D eigenvalue weighted by Gasteiger charge is 2.35. The van der Waals surface area contributed by atoms with Crippen molar-refractivity contribution in [2.24, 2.45) is 5.73 Å². The van der Waals surface area contributed by atoms with Gasteiger partial charge in [-0.3, -0.25) is 0 Å². The molecule has 0 amide bonds. The Balaban J connectivity index is 3.10. The fraction of sp³-hybridized carbons (Fsp3) is 0.562. The van der Waals surface area contributed by atoms with Gasteiger partial charge in [-0.05, 0) is 29.9 Å². The molecule has 0 spiro atoms. The van der Waals surface area contributed by atoms with E-state index in [9.17, 15) is 4.79 Å². The molecule has 19 heavy (non-hydrogen) atoms. The third-order valence-corrected chi connectivity index (χ3v) is 3.46. The van der Waals surface area contributed by atoms with Gasteiger partial charge in [0.1, 0.15) is 5.54 Å². The van der Waals surface area contributed by atoms with Crippen molar-refractivity contribution in [3.05, 3.63) is 35.4 Å². The fourth-order valence-corrected chi connectivity index (χ4v) is 1.99. The Bertz CT molecular complexity index is 431. The largest absolute Gasteiger partial charge is 0.464 e. The molecule has 0 heterocycles. The maximum Gasteiger partial charge on any atom is 0.330 e. The summed E-state index contributed by atoms with van der Waals surface area (Å²) in [6.45, 7) is 10.5. The highest BCUT2D eigenvalue weighted by molar-refractivity contribution is 5.82. The summed E-state index contributed by atoms with van der Waals surface area (Å²) in [6, 6.07) is 7.93. The number of benzene rings is 1. The van der Waals surface area contributed by atoms with E-state index in [0.29, 0.717) is 13.0 Å². The smallest absolute Gasteiger partial charge is 0.330 e. The molecule has 0 fully saturated rings. The van der Waals surface area contributed by atoms with Crippen molar-refractivity contribution in [1.29, 1.82) is 0 Å². The van der Waals surface area contributed by atoms with Gasteiger partial charge in [0.05, 0.1) is 6.61 Å².